The predicted molar refractivity (Wildman–Crippen MR) is 108 cm³/mol. The molecular formula is C22H22N4O3. The lowest BCUT2D eigenvalue weighted by Gasteiger charge is -2.02. The largest absolute Gasteiger partial charge is 0.456 e. The fraction of sp³-hybridized carbons (Fsp3) is 0.227. The van der Waals surface area contributed by atoms with Gasteiger partial charge < -0.3 is 14.3 Å². The second kappa shape index (κ2) is 8.18. The van der Waals surface area contributed by atoms with Crippen LogP contribution in [0.15, 0.2) is 63.8 Å². The van der Waals surface area contributed by atoms with Crippen LogP contribution in [0.3, 0.4) is 0 Å². The number of hydrogen-bond donors (Lipinski definition) is 1. The maximum absolute atomic E-state index is 12.5. The van der Waals surface area contributed by atoms with Crippen molar-refractivity contribution in [2.24, 2.45) is 0 Å². The van der Waals surface area contributed by atoms with Crippen LogP contribution in [0.2, 0.25) is 0 Å². The summed E-state index contributed by atoms with van der Waals surface area (Å²) in [7, 11) is 0. The van der Waals surface area contributed by atoms with Gasteiger partial charge >= 0.3 is 0 Å². The van der Waals surface area contributed by atoms with Crippen LogP contribution in [-0.4, -0.2) is 20.8 Å². The van der Waals surface area contributed by atoms with Gasteiger partial charge in [-0.05, 0) is 38.0 Å². The normalized spacial score (nSPS) is 11.0. The molecule has 0 radical (unpaired) electrons. The zero-order chi connectivity index (χ0) is 20.2. The van der Waals surface area contributed by atoms with Crippen molar-refractivity contribution in [3.63, 3.8) is 0 Å². The van der Waals surface area contributed by atoms with Crippen LogP contribution in [0.25, 0.3) is 0 Å². The van der Waals surface area contributed by atoms with E-state index >= 15 is 0 Å². The van der Waals surface area contributed by atoms with Crippen molar-refractivity contribution in [3.8, 4) is 0 Å². The molecule has 0 aliphatic heterocycles. The zero-order valence-corrected chi connectivity index (χ0v) is 16.4. The summed E-state index contributed by atoms with van der Waals surface area (Å²) < 4.78 is 12.7. The van der Waals surface area contributed by atoms with Crippen molar-refractivity contribution in [1.29, 1.82) is 0 Å². The molecule has 1 aromatic carbocycles. The Labute approximate surface area is 168 Å². The van der Waals surface area contributed by atoms with Crippen LogP contribution in [0.4, 0.5) is 5.69 Å². The summed E-state index contributed by atoms with van der Waals surface area (Å²) in [6.07, 6.45) is 4.86. The lowest BCUT2D eigenvalue weighted by atomic mass is 10.1. The van der Waals surface area contributed by atoms with Crippen LogP contribution >= 0.6 is 0 Å². The Kier molecular flexibility index (Phi) is 5.29. The van der Waals surface area contributed by atoms with E-state index in [2.05, 4.69) is 27.7 Å². The maximum Gasteiger partial charge on any atom is 0.291 e. The highest BCUT2D eigenvalue weighted by Crippen LogP contribution is 2.20. The van der Waals surface area contributed by atoms with Gasteiger partial charge in [0.15, 0.2) is 5.76 Å². The minimum atomic E-state index is -0.308. The summed E-state index contributed by atoms with van der Waals surface area (Å²) >= 11 is 0. The third-order valence-corrected chi connectivity index (χ3v) is 4.78. The molecule has 7 nitrogen and oxygen atoms in total. The lowest BCUT2D eigenvalue weighted by Crippen LogP contribution is -2.10. The van der Waals surface area contributed by atoms with Gasteiger partial charge in [0.25, 0.3) is 5.91 Å². The molecule has 4 aromatic rings. The van der Waals surface area contributed by atoms with E-state index in [9.17, 15) is 4.79 Å². The molecule has 7 heteroatoms. The first kappa shape index (κ1) is 18.7. The average Bonchev–Trinajstić information content (AvgIpc) is 3.45. The van der Waals surface area contributed by atoms with E-state index < -0.39 is 0 Å². The Morgan fingerprint density at radius 2 is 1.97 bits per heavy atom. The number of carbonyl (C=O) groups is 1. The fourth-order valence-corrected chi connectivity index (χ4v) is 3.15. The van der Waals surface area contributed by atoms with E-state index in [-0.39, 0.29) is 11.7 Å². The maximum atomic E-state index is 12.5. The summed E-state index contributed by atoms with van der Waals surface area (Å²) in [6.45, 7) is 4.49. The summed E-state index contributed by atoms with van der Waals surface area (Å²) in [4.78, 5) is 12.5. The van der Waals surface area contributed by atoms with Crippen molar-refractivity contribution in [2.75, 3.05) is 5.32 Å². The second-order valence-electron chi connectivity index (χ2n) is 6.93. The first-order valence-corrected chi connectivity index (χ1v) is 9.46. The highest BCUT2D eigenvalue weighted by atomic mass is 16.5. The monoisotopic (exact) mass is 390 g/mol. The smallest absolute Gasteiger partial charge is 0.291 e. The highest BCUT2D eigenvalue weighted by molar-refractivity contribution is 6.02. The van der Waals surface area contributed by atoms with E-state index in [1.165, 1.54) is 5.56 Å². The van der Waals surface area contributed by atoms with Gasteiger partial charge in [-0.2, -0.15) is 5.10 Å². The Morgan fingerprint density at radius 3 is 2.72 bits per heavy atom. The first-order valence-electron chi connectivity index (χ1n) is 9.46. The van der Waals surface area contributed by atoms with Gasteiger partial charge in [0.1, 0.15) is 11.5 Å². The third kappa shape index (κ3) is 4.45. The summed E-state index contributed by atoms with van der Waals surface area (Å²) in [6, 6.07) is 13.7. The van der Waals surface area contributed by atoms with Gasteiger partial charge in [0.2, 0.25) is 0 Å². The number of furan rings is 1. The Bertz CT molecular complexity index is 1090. The van der Waals surface area contributed by atoms with Crippen LogP contribution in [0, 0.1) is 13.8 Å². The molecule has 1 N–H and O–H groups in total. The number of aryl methyl sites for hydroxylation is 4. The van der Waals surface area contributed by atoms with Gasteiger partial charge in [-0.15, -0.1) is 0 Å². The molecule has 0 unspecified atom stereocenters. The minimum Gasteiger partial charge on any atom is -0.456 e. The molecule has 148 valence electrons. The van der Waals surface area contributed by atoms with E-state index in [1.807, 2.05) is 42.9 Å². The number of aromatic nitrogens is 3. The molecule has 0 fully saturated rings. The van der Waals surface area contributed by atoms with Gasteiger partial charge in [-0.1, -0.05) is 35.5 Å². The molecule has 0 spiro atoms. The highest BCUT2D eigenvalue weighted by Gasteiger charge is 2.16. The van der Waals surface area contributed by atoms with Crippen LogP contribution in [0.1, 0.15) is 38.9 Å². The van der Waals surface area contributed by atoms with E-state index in [4.69, 9.17) is 8.94 Å². The van der Waals surface area contributed by atoms with Crippen molar-refractivity contribution in [2.45, 2.75) is 33.2 Å². The van der Waals surface area contributed by atoms with Crippen LogP contribution in [0.5, 0.6) is 0 Å². The van der Waals surface area contributed by atoms with Crippen LogP contribution in [-0.2, 0) is 19.4 Å². The number of nitrogens with zero attached hydrogens (tertiary/aromatic N) is 3. The number of nitrogens with one attached hydrogen (secondary N) is 1. The molecule has 4 rings (SSSR count). The molecule has 0 saturated heterocycles. The van der Waals surface area contributed by atoms with Crippen molar-refractivity contribution in [3.05, 3.63) is 89.0 Å². The topological polar surface area (TPSA) is 86.1 Å². The summed E-state index contributed by atoms with van der Waals surface area (Å²) in [5.74, 6) is 1.39. The van der Waals surface area contributed by atoms with E-state index in [1.54, 1.807) is 18.3 Å². The quantitative estimate of drug-likeness (QED) is 0.512. The van der Waals surface area contributed by atoms with Gasteiger partial charge in [0, 0.05) is 24.7 Å². The molecule has 1 amide bonds. The number of hydrogen-bond acceptors (Lipinski definition) is 5. The number of amides is 1. The van der Waals surface area contributed by atoms with E-state index in [0.29, 0.717) is 17.9 Å². The van der Waals surface area contributed by atoms with Crippen LogP contribution < -0.4 is 5.32 Å². The number of carbonyl (C=O) groups excluding carboxylic acids is 1. The standard InChI is InChI=1S/C22H22N4O3/c1-15-20(16(2)29-25-15)12-19-8-9-21(28-19)22(27)24-18-13-23-26(14-18)11-10-17-6-4-3-5-7-17/h3-9,13-14H,10-12H2,1-2H3,(H,24,27). The number of benzene rings is 1. The Morgan fingerprint density at radius 1 is 1.14 bits per heavy atom. The molecule has 0 atom stereocenters. The van der Waals surface area contributed by atoms with E-state index in [0.717, 1.165) is 30.0 Å². The number of rotatable bonds is 7. The number of anilines is 1. The predicted octanol–water partition coefficient (Wildman–Crippen LogP) is 4.17. The molecule has 0 aliphatic rings. The first-order chi connectivity index (χ1) is 14.1. The van der Waals surface area contributed by atoms with Crippen molar-refractivity contribution in [1.82, 2.24) is 14.9 Å². The van der Waals surface area contributed by atoms with Gasteiger partial charge in [-0.25, -0.2) is 0 Å². The summed E-state index contributed by atoms with van der Waals surface area (Å²) in [5.41, 5.74) is 3.68. The molecule has 0 bridgehead atoms. The fourth-order valence-electron chi connectivity index (χ4n) is 3.15. The molecule has 0 saturated carbocycles. The minimum absolute atomic E-state index is 0.254. The molecular weight excluding hydrogens is 368 g/mol. The Hall–Kier alpha value is -3.61. The van der Waals surface area contributed by atoms with Crippen molar-refractivity contribution >= 4 is 11.6 Å². The zero-order valence-electron chi connectivity index (χ0n) is 16.4. The van der Waals surface area contributed by atoms with Gasteiger partial charge in [-0.3, -0.25) is 9.48 Å². The summed E-state index contributed by atoms with van der Waals surface area (Å²) in [5, 5.41) is 11.1. The molecule has 0 aliphatic carbocycles. The third-order valence-electron chi connectivity index (χ3n) is 4.78. The molecule has 29 heavy (non-hydrogen) atoms. The Balaban J connectivity index is 1.35. The molecule has 3 aromatic heterocycles. The lowest BCUT2D eigenvalue weighted by molar-refractivity contribution is 0.0995. The van der Waals surface area contributed by atoms with Gasteiger partial charge in [0.05, 0.1) is 17.6 Å². The SMILES string of the molecule is Cc1noc(C)c1Cc1ccc(C(=O)Nc2cnn(CCc3ccccc3)c2)o1. The second-order valence-corrected chi connectivity index (χ2v) is 6.93. The van der Waals surface area contributed by atoms with Crippen molar-refractivity contribution < 1.29 is 13.7 Å². The molecule has 3 heterocycles. The average molecular weight is 390 g/mol.